The molecule has 0 heterocycles. The van der Waals surface area contributed by atoms with Gasteiger partial charge in [-0.3, -0.25) is 0 Å². The lowest BCUT2D eigenvalue weighted by molar-refractivity contribution is -0.259. The van der Waals surface area contributed by atoms with E-state index in [0.717, 1.165) is 0 Å². The summed E-state index contributed by atoms with van der Waals surface area (Å²) in [4.78, 5) is 0. The molecule has 0 radical (unpaired) electrons. The molecule has 2 saturated carbocycles. The number of aliphatic hydroxyl groups is 1. The Morgan fingerprint density at radius 2 is 1.57 bits per heavy atom. The number of hydrogen-bond donors (Lipinski definition) is 2. The van der Waals surface area contributed by atoms with Crippen LogP contribution >= 0.6 is 0 Å². The van der Waals surface area contributed by atoms with Crippen LogP contribution in [0.15, 0.2) is 0 Å². The molecule has 2 aliphatic rings. The summed E-state index contributed by atoms with van der Waals surface area (Å²) in [7, 11) is 0. The van der Waals surface area contributed by atoms with Crippen molar-refractivity contribution in [2.24, 2.45) is 17.6 Å². The molecule has 14 heavy (non-hydrogen) atoms. The van der Waals surface area contributed by atoms with Crippen molar-refractivity contribution in [3.8, 4) is 0 Å². The van der Waals surface area contributed by atoms with Crippen LogP contribution in [0.2, 0.25) is 0 Å². The summed E-state index contributed by atoms with van der Waals surface area (Å²) in [6, 6.07) is 0.0304. The summed E-state index contributed by atoms with van der Waals surface area (Å²) in [5, 5.41) is 9.45. The number of nitrogens with two attached hydrogens (primary N) is 1. The quantitative estimate of drug-likeness (QED) is 0.634. The SMILES string of the molecule is NC1C[C@H]2CC(O)(C(F)(F)F)C[C@@H]2C1. The second-order valence-electron chi connectivity index (χ2n) is 4.69. The summed E-state index contributed by atoms with van der Waals surface area (Å²) in [5.74, 6) is -0.0618. The van der Waals surface area contributed by atoms with Gasteiger partial charge in [0.05, 0.1) is 0 Å². The Morgan fingerprint density at radius 3 is 1.93 bits per heavy atom. The summed E-state index contributed by atoms with van der Waals surface area (Å²) in [6.45, 7) is 0. The monoisotopic (exact) mass is 209 g/mol. The second kappa shape index (κ2) is 2.85. The predicted octanol–water partition coefficient (Wildman–Crippen LogP) is 1.43. The van der Waals surface area contributed by atoms with Gasteiger partial charge in [-0.15, -0.1) is 0 Å². The number of rotatable bonds is 0. The van der Waals surface area contributed by atoms with E-state index in [1.54, 1.807) is 0 Å². The normalized spacial score (nSPS) is 37.5. The van der Waals surface area contributed by atoms with Gasteiger partial charge in [-0.05, 0) is 37.5 Å². The molecule has 0 amide bonds. The van der Waals surface area contributed by atoms with Gasteiger partial charge in [-0.25, -0.2) is 0 Å². The maximum absolute atomic E-state index is 12.5. The molecule has 0 aromatic rings. The van der Waals surface area contributed by atoms with Crippen molar-refractivity contribution in [3.05, 3.63) is 0 Å². The standard InChI is InChI=1S/C9H14F3NO/c10-9(11,12)8(14)3-5-1-7(13)2-6(5)4-8/h5-7,14H,1-4,13H2/t5-,6-,7?,8?/m0/s1. The topological polar surface area (TPSA) is 46.2 Å². The fourth-order valence-corrected chi connectivity index (χ4v) is 2.94. The number of alkyl halides is 3. The first-order valence-corrected chi connectivity index (χ1v) is 4.86. The minimum absolute atomic E-state index is 0.0304. The molecular formula is C9H14F3NO. The van der Waals surface area contributed by atoms with E-state index in [1.807, 2.05) is 0 Å². The zero-order valence-corrected chi connectivity index (χ0v) is 7.72. The van der Waals surface area contributed by atoms with Crippen molar-refractivity contribution in [2.45, 2.75) is 43.5 Å². The number of fused-ring (bicyclic) bond motifs is 1. The summed E-state index contributed by atoms with van der Waals surface area (Å²) in [5.41, 5.74) is 3.22. The molecule has 0 spiro atoms. The minimum atomic E-state index is -4.48. The van der Waals surface area contributed by atoms with Crippen LogP contribution in [0.4, 0.5) is 13.2 Å². The third-order valence-electron chi connectivity index (χ3n) is 3.61. The van der Waals surface area contributed by atoms with Gasteiger partial charge in [0.1, 0.15) is 0 Å². The highest BCUT2D eigenvalue weighted by atomic mass is 19.4. The molecule has 2 nitrogen and oxygen atoms in total. The van der Waals surface area contributed by atoms with E-state index in [-0.39, 0.29) is 30.7 Å². The maximum atomic E-state index is 12.5. The molecule has 5 heteroatoms. The molecular weight excluding hydrogens is 195 g/mol. The van der Waals surface area contributed by atoms with E-state index < -0.39 is 11.8 Å². The van der Waals surface area contributed by atoms with E-state index in [2.05, 4.69) is 0 Å². The lowest BCUT2D eigenvalue weighted by Gasteiger charge is -2.26. The van der Waals surface area contributed by atoms with Crippen LogP contribution in [0.3, 0.4) is 0 Å². The zero-order chi connectivity index (χ0) is 10.6. The third kappa shape index (κ3) is 1.42. The summed E-state index contributed by atoms with van der Waals surface area (Å²) < 4.78 is 37.4. The van der Waals surface area contributed by atoms with Crippen LogP contribution in [-0.4, -0.2) is 22.9 Å². The lowest BCUT2D eigenvalue weighted by atomic mass is 9.97. The summed E-state index contributed by atoms with van der Waals surface area (Å²) in [6.07, 6.45) is -3.54. The molecule has 2 fully saturated rings. The molecule has 0 bridgehead atoms. The Kier molecular flexibility index (Phi) is 2.09. The van der Waals surface area contributed by atoms with Gasteiger partial charge in [0, 0.05) is 6.04 Å². The van der Waals surface area contributed by atoms with Crippen LogP contribution in [0.1, 0.15) is 25.7 Å². The first-order chi connectivity index (χ1) is 6.32. The highest BCUT2D eigenvalue weighted by Gasteiger charge is 2.61. The van der Waals surface area contributed by atoms with E-state index in [1.165, 1.54) is 0 Å². The van der Waals surface area contributed by atoms with Gasteiger partial charge in [0.15, 0.2) is 5.60 Å². The van der Waals surface area contributed by atoms with Gasteiger partial charge >= 0.3 is 6.18 Å². The zero-order valence-electron chi connectivity index (χ0n) is 7.72. The Bertz CT molecular complexity index is 227. The highest BCUT2D eigenvalue weighted by molar-refractivity contribution is 5.03. The largest absolute Gasteiger partial charge is 0.417 e. The average Bonchev–Trinajstić information content (AvgIpc) is 2.39. The van der Waals surface area contributed by atoms with Crippen LogP contribution < -0.4 is 5.73 Å². The van der Waals surface area contributed by atoms with Crippen LogP contribution in [0.25, 0.3) is 0 Å². The highest BCUT2D eigenvalue weighted by Crippen LogP contribution is 2.53. The predicted molar refractivity (Wildman–Crippen MR) is 44.4 cm³/mol. The molecule has 0 aromatic carbocycles. The van der Waals surface area contributed by atoms with Gasteiger partial charge in [0.2, 0.25) is 0 Å². The van der Waals surface area contributed by atoms with Gasteiger partial charge in [0.25, 0.3) is 0 Å². The smallest absolute Gasteiger partial charge is 0.380 e. The fourth-order valence-electron chi connectivity index (χ4n) is 2.94. The number of hydrogen-bond acceptors (Lipinski definition) is 2. The van der Waals surface area contributed by atoms with Crippen molar-refractivity contribution in [2.75, 3.05) is 0 Å². The van der Waals surface area contributed by atoms with Crippen molar-refractivity contribution in [1.82, 2.24) is 0 Å². The molecule has 3 N–H and O–H groups in total. The van der Waals surface area contributed by atoms with Gasteiger partial charge in [-0.1, -0.05) is 0 Å². The van der Waals surface area contributed by atoms with Crippen molar-refractivity contribution >= 4 is 0 Å². The molecule has 0 aromatic heterocycles. The molecule has 0 aliphatic heterocycles. The molecule has 2 atom stereocenters. The van der Waals surface area contributed by atoms with Crippen LogP contribution in [0.5, 0.6) is 0 Å². The minimum Gasteiger partial charge on any atom is -0.380 e. The Morgan fingerprint density at radius 1 is 1.14 bits per heavy atom. The van der Waals surface area contributed by atoms with E-state index >= 15 is 0 Å². The lowest BCUT2D eigenvalue weighted by Crippen LogP contribution is -2.43. The second-order valence-corrected chi connectivity index (χ2v) is 4.69. The Labute approximate surface area is 80.3 Å². The van der Waals surface area contributed by atoms with Crippen molar-refractivity contribution in [1.29, 1.82) is 0 Å². The van der Waals surface area contributed by atoms with Crippen LogP contribution in [-0.2, 0) is 0 Å². The van der Waals surface area contributed by atoms with Gasteiger partial charge in [-0.2, -0.15) is 13.2 Å². The third-order valence-corrected chi connectivity index (χ3v) is 3.61. The molecule has 2 rings (SSSR count). The van der Waals surface area contributed by atoms with E-state index in [0.29, 0.717) is 12.8 Å². The Balaban J connectivity index is 2.10. The van der Waals surface area contributed by atoms with Crippen molar-refractivity contribution in [3.63, 3.8) is 0 Å². The first-order valence-electron chi connectivity index (χ1n) is 4.86. The maximum Gasteiger partial charge on any atom is 0.417 e. The van der Waals surface area contributed by atoms with Crippen LogP contribution in [0, 0.1) is 11.8 Å². The van der Waals surface area contributed by atoms with E-state index in [4.69, 9.17) is 5.73 Å². The summed E-state index contributed by atoms with van der Waals surface area (Å²) >= 11 is 0. The fraction of sp³-hybridized carbons (Fsp3) is 1.00. The van der Waals surface area contributed by atoms with Gasteiger partial charge < -0.3 is 10.8 Å². The molecule has 82 valence electrons. The first kappa shape index (κ1) is 10.2. The molecule has 0 saturated heterocycles. The number of halogens is 3. The Hall–Kier alpha value is -0.290. The van der Waals surface area contributed by atoms with Crippen molar-refractivity contribution < 1.29 is 18.3 Å². The van der Waals surface area contributed by atoms with E-state index in [9.17, 15) is 18.3 Å². The average molecular weight is 209 g/mol. The molecule has 2 aliphatic carbocycles. The molecule has 0 unspecified atom stereocenters.